The molecular weight excluding hydrogens is 456 g/mol. The van der Waals surface area contributed by atoms with E-state index in [1.165, 1.54) is 4.90 Å². The monoisotopic (exact) mass is 486 g/mol. The molecule has 0 unspecified atom stereocenters. The maximum Gasteiger partial charge on any atom is 0.415 e. The summed E-state index contributed by atoms with van der Waals surface area (Å²) in [6.07, 6.45) is 6.65. The number of nitrogens with zero attached hydrogens (tertiary/aromatic N) is 6. The highest BCUT2D eigenvalue weighted by Crippen LogP contribution is 2.54. The maximum atomic E-state index is 13.5. The predicted molar refractivity (Wildman–Crippen MR) is 135 cm³/mol. The van der Waals surface area contributed by atoms with E-state index in [1.54, 1.807) is 34.9 Å². The largest absolute Gasteiger partial charge is 0.443 e. The molecule has 2 aliphatic rings. The molecule has 5 rings (SSSR count). The summed E-state index contributed by atoms with van der Waals surface area (Å²) in [6.45, 7) is 7.97. The van der Waals surface area contributed by atoms with Gasteiger partial charge in [-0.2, -0.15) is 10.4 Å². The Labute approximate surface area is 210 Å². The van der Waals surface area contributed by atoms with Crippen LogP contribution < -0.4 is 9.80 Å². The number of nitriles is 1. The number of carbonyl (C=O) groups excluding carboxylic acids is 2. The first-order chi connectivity index (χ1) is 17.0. The lowest BCUT2D eigenvalue weighted by Crippen LogP contribution is -2.37. The third kappa shape index (κ3) is 3.87. The number of hydrogen-bond acceptors (Lipinski definition) is 6. The fraction of sp³-hybridized carbons (Fsp3) is 0.444. The van der Waals surface area contributed by atoms with Crippen molar-refractivity contribution in [3.05, 3.63) is 42.9 Å². The van der Waals surface area contributed by atoms with Gasteiger partial charge in [-0.3, -0.25) is 9.69 Å². The highest BCUT2D eigenvalue weighted by atomic mass is 16.6. The number of aromatic nitrogens is 3. The molecule has 0 spiro atoms. The van der Waals surface area contributed by atoms with E-state index in [1.807, 2.05) is 52.1 Å². The molecule has 1 aliphatic carbocycles. The Kier molecular flexibility index (Phi) is 5.51. The Bertz CT molecular complexity index is 1380. The highest BCUT2D eigenvalue weighted by molar-refractivity contribution is 6.05. The molecule has 3 aromatic rings. The molecule has 2 fully saturated rings. The maximum absolute atomic E-state index is 13.5. The fourth-order valence-corrected chi connectivity index (χ4v) is 5.07. The van der Waals surface area contributed by atoms with Crippen molar-refractivity contribution in [1.82, 2.24) is 14.6 Å². The van der Waals surface area contributed by atoms with Gasteiger partial charge in [0.2, 0.25) is 5.91 Å². The third-order valence-corrected chi connectivity index (χ3v) is 7.11. The summed E-state index contributed by atoms with van der Waals surface area (Å²) < 4.78 is 7.15. The van der Waals surface area contributed by atoms with E-state index >= 15 is 0 Å². The van der Waals surface area contributed by atoms with Crippen LogP contribution in [-0.2, 0) is 9.53 Å². The van der Waals surface area contributed by atoms with Crippen molar-refractivity contribution in [2.24, 2.45) is 17.3 Å². The first-order valence-corrected chi connectivity index (χ1v) is 12.2. The second-order valence-corrected chi connectivity index (χ2v) is 10.8. The zero-order chi connectivity index (χ0) is 25.8. The number of rotatable bonds is 4. The molecule has 4 heterocycles. The van der Waals surface area contributed by atoms with E-state index < -0.39 is 17.1 Å². The standard InChI is InChI=1S/C27H30N6O3/c1-17-14-32(24(34)27(17,16-28)20-7-8-20)21-10-11-30-33-15-19(12-22(21)33)18-6-9-23(29-13-18)31(5)25(35)36-26(2,3)4/h6,9-13,15,17,20H,7-8,14H2,1-5H3/t17-,27+/m1/s1. The lowest BCUT2D eigenvalue weighted by molar-refractivity contribution is -0.124. The van der Waals surface area contributed by atoms with Crippen molar-refractivity contribution in [2.75, 3.05) is 23.4 Å². The van der Waals surface area contributed by atoms with Gasteiger partial charge < -0.3 is 9.64 Å². The summed E-state index contributed by atoms with van der Waals surface area (Å²) in [5.41, 5.74) is 1.73. The minimum absolute atomic E-state index is 0.0381. The number of fused-ring (bicyclic) bond motifs is 1. The summed E-state index contributed by atoms with van der Waals surface area (Å²) in [4.78, 5) is 33.5. The first kappa shape index (κ1) is 23.8. The van der Waals surface area contributed by atoms with E-state index in [-0.39, 0.29) is 17.7 Å². The van der Waals surface area contributed by atoms with Crippen LogP contribution in [0.3, 0.4) is 0 Å². The van der Waals surface area contributed by atoms with Gasteiger partial charge >= 0.3 is 6.09 Å². The van der Waals surface area contributed by atoms with Gasteiger partial charge in [0.25, 0.3) is 0 Å². The van der Waals surface area contributed by atoms with Gasteiger partial charge in [0.1, 0.15) is 16.8 Å². The van der Waals surface area contributed by atoms with Crippen molar-refractivity contribution in [2.45, 2.75) is 46.1 Å². The number of carbonyl (C=O) groups is 2. The molecule has 9 heteroatoms. The highest BCUT2D eigenvalue weighted by Gasteiger charge is 2.61. The summed E-state index contributed by atoms with van der Waals surface area (Å²) in [5, 5.41) is 14.4. The van der Waals surface area contributed by atoms with Crippen molar-refractivity contribution in [1.29, 1.82) is 5.26 Å². The van der Waals surface area contributed by atoms with Crippen LogP contribution in [0.1, 0.15) is 40.5 Å². The Morgan fingerprint density at radius 2 is 2.00 bits per heavy atom. The summed E-state index contributed by atoms with van der Waals surface area (Å²) in [6, 6.07) is 9.84. The van der Waals surface area contributed by atoms with Crippen LogP contribution in [0.2, 0.25) is 0 Å². The van der Waals surface area contributed by atoms with Gasteiger partial charge in [-0.15, -0.1) is 0 Å². The summed E-state index contributed by atoms with van der Waals surface area (Å²) in [7, 11) is 1.62. The minimum atomic E-state index is -0.935. The van der Waals surface area contributed by atoms with Crippen LogP contribution in [0.5, 0.6) is 0 Å². The van der Waals surface area contributed by atoms with Crippen molar-refractivity contribution < 1.29 is 14.3 Å². The van der Waals surface area contributed by atoms with Crippen molar-refractivity contribution >= 4 is 29.0 Å². The summed E-state index contributed by atoms with van der Waals surface area (Å²) in [5.74, 6) is 0.481. The van der Waals surface area contributed by atoms with Crippen molar-refractivity contribution in [3.63, 3.8) is 0 Å². The zero-order valence-corrected chi connectivity index (χ0v) is 21.2. The average Bonchev–Trinajstić information content (AvgIpc) is 3.53. The molecule has 0 N–H and O–H groups in total. The molecule has 36 heavy (non-hydrogen) atoms. The van der Waals surface area contributed by atoms with Gasteiger partial charge in [0, 0.05) is 49.2 Å². The van der Waals surface area contributed by atoms with Gasteiger partial charge in [-0.1, -0.05) is 6.92 Å². The number of hydrogen-bond donors (Lipinski definition) is 0. The smallest absolute Gasteiger partial charge is 0.415 e. The van der Waals surface area contributed by atoms with E-state index in [0.717, 1.165) is 35.2 Å². The second-order valence-electron chi connectivity index (χ2n) is 10.8. The molecule has 1 saturated heterocycles. The zero-order valence-electron chi connectivity index (χ0n) is 21.2. The molecular formula is C27H30N6O3. The topological polar surface area (TPSA) is 104 Å². The molecule has 1 saturated carbocycles. The van der Waals surface area contributed by atoms with Crippen LogP contribution in [0.15, 0.2) is 42.9 Å². The lowest BCUT2D eigenvalue weighted by atomic mass is 9.75. The molecule has 0 aromatic carbocycles. The molecule has 0 bridgehead atoms. The molecule has 3 aromatic heterocycles. The number of anilines is 2. The van der Waals surface area contributed by atoms with Gasteiger partial charge in [-0.25, -0.2) is 14.3 Å². The third-order valence-electron chi connectivity index (χ3n) is 7.11. The Morgan fingerprint density at radius 1 is 1.25 bits per heavy atom. The van der Waals surface area contributed by atoms with E-state index in [0.29, 0.717) is 12.4 Å². The number of amides is 2. The Morgan fingerprint density at radius 3 is 2.61 bits per heavy atom. The van der Waals surface area contributed by atoms with E-state index in [9.17, 15) is 14.9 Å². The number of pyridine rings is 1. The van der Waals surface area contributed by atoms with E-state index in [4.69, 9.17) is 4.74 Å². The summed E-state index contributed by atoms with van der Waals surface area (Å²) >= 11 is 0. The predicted octanol–water partition coefficient (Wildman–Crippen LogP) is 4.67. The lowest BCUT2D eigenvalue weighted by Gasteiger charge is -2.24. The first-order valence-electron chi connectivity index (χ1n) is 12.2. The normalized spacial score (nSPS) is 22.1. The molecule has 2 atom stereocenters. The van der Waals surface area contributed by atoms with Crippen molar-refractivity contribution in [3.8, 4) is 17.2 Å². The fourth-order valence-electron chi connectivity index (χ4n) is 5.07. The van der Waals surface area contributed by atoms with E-state index in [2.05, 4.69) is 16.2 Å². The van der Waals surface area contributed by atoms with Crippen LogP contribution in [-0.4, -0.2) is 45.8 Å². The van der Waals surface area contributed by atoms with Crippen LogP contribution in [0.25, 0.3) is 16.6 Å². The quantitative estimate of drug-likeness (QED) is 0.531. The SMILES string of the molecule is C[C@@H]1CN(c2ccnn3cc(-c4ccc(N(C)C(=O)OC(C)(C)C)nc4)cc23)C(=O)[C@]1(C#N)C1CC1. The van der Waals surface area contributed by atoms with Crippen LogP contribution in [0, 0.1) is 28.6 Å². The molecule has 186 valence electrons. The average molecular weight is 487 g/mol. The van der Waals surface area contributed by atoms with Crippen LogP contribution in [0.4, 0.5) is 16.3 Å². The second kappa shape index (κ2) is 8.33. The molecule has 2 amide bonds. The molecule has 0 radical (unpaired) electrons. The minimum Gasteiger partial charge on any atom is -0.443 e. The van der Waals surface area contributed by atoms with Crippen LogP contribution >= 0.6 is 0 Å². The van der Waals surface area contributed by atoms with Gasteiger partial charge in [0.05, 0.1) is 17.3 Å². The Balaban J connectivity index is 1.43. The van der Waals surface area contributed by atoms with Gasteiger partial charge in [0.15, 0.2) is 0 Å². The van der Waals surface area contributed by atoms with Gasteiger partial charge in [-0.05, 0) is 63.8 Å². The Hall–Kier alpha value is -3.93. The molecule has 1 aliphatic heterocycles. The molecule has 9 nitrogen and oxygen atoms in total. The number of ether oxygens (including phenoxy) is 1.